The lowest BCUT2D eigenvalue weighted by molar-refractivity contribution is -0.358. The van der Waals surface area contributed by atoms with Crippen LogP contribution in [0.15, 0.2) is 11.8 Å². The summed E-state index contributed by atoms with van der Waals surface area (Å²) in [7, 11) is 0. The predicted octanol–water partition coefficient (Wildman–Crippen LogP) is 3.13. The molecule has 4 saturated carbocycles. The average molecular weight is 224 g/mol. The van der Waals surface area contributed by atoms with Crippen LogP contribution in [-0.2, 0) is 4.89 Å². The van der Waals surface area contributed by atoms with E-state index in [2.05, 4.69) is 0 Å². The van der Waals surface area contributed by atoms with Gasteiger partial charge in [0.25, 0.3) is 0 Å². The number of rotatable bonds is 2. The van der Waals surface area contributed by atoms with Crippen molar-refractivity contribution in [2.24, 2.45) is 23.7 Å². The molecule has 0 radical (unpaired) electrons. The van der Waals surface area contributed by atoms with E-state index in [1.54, 1.807) is 13.0 Å². The topological polar surface area (TPSA) is 49.7 Å². The Morgan fingerprint density at radius 1 is 1.12 bits per heavy atom. The lowest BCUT2D eigenvalue weighted by Gasteiger charge is -2.58. The van der Waals surface area contributed by atoms with Gasteiger partial charge in [-0.05, 0) is 68.8 Å². The van der Waals surface area contributed by atoms with Gasteiger partial charge in [-0.15, -0.1) is 0 Å². The first-order valence-corrected chi connectivity index (χ1v) is 6.35. The van der Waals surface area contributed by atoms with E-state index >= 15 is 0 Å². The summed E-state index contributed by atoms with van der Waals surface area (Å²) >= 11 is 0. The molecule has 3 heteroatoms. The highest BCUT2D eigenvalue weighted by atomic mass is 17.1. The first-order chi connectivity index (χ1) is 7.64. The number of aliphatic hydroxyl groups is 1. The lowest BCUT2D eigenvalue weighted by atomic mass is 9.50. The monoisotopic (exact) mass is 224 g/mol. The molecule has 0 aromatic heterocycles. The summed E-state index contributed by atoms with van der Waals surface area (Å²) in [6.45, 7) is 1.66. The summed E-state index contributed by atoms with van der Waals surface area (Å²) in [6, 6.07) is 0. The molecule has 0 amide bonds. The van der Waals surface area contributed by atoms with Crippen molar-refractivity contribution < 1.29 is 15.3 Å². The predicted molar refractivity (Wildman–Crippen MR) is 59.9 cm³/mol. The van der Waals surface area contributed by atoms with E-state index in [0.29, 0.717) is 11.8 Å². The van der Waals surface area contributed by atoms with E-state index in [0.717, 1.165) is 37.5 Å². The van der Waals surface area contributed by atoms with Crippen LogP contribution in [0.3, 0.4) is 0 Å². The second kappa shape index (κ2) is 3.47. The van der Waals surface area contributed by atoms with Gasteiger partial charge in [-0.2, -0.15) is 0 Å². The third-order valence-electron chi connectivity index (χ3n) is 5.01. The molecule has 0 aromatic rings. The maximum atomic E-state index is 9.50. The van der Waals surface area contributed by atoms with Crippen molar-refractivity contribution in [1.29, 1.82) is 0 Å². The molecule has 0 aliphatic heterocycles. The largest absolute Gasteiger partial charge is 0.513 e. The Kier molecular flexibility index (Phi) is 2.30. The summed E-state index contributed by atoms with van der Waals surface area (Å²) in [6.07, 6.45) is 7.72. The van der Waals surface area contributed by atoms with Crippen molar-refractivity contribution >= 4 is 0 Å². The SMILES string of the molecule is C/C(O)=C/C1(OO)C2CC3CC(C2)CC1C3. The Balaban J connectivity index is 1.97. The van der Waals surface area contributed by atoms with Crippen LogP contribution in [0, 0.1) is 23.7 Å². The van der Waals surface area contributed by atoms with Crippen molar-refractivity contribution in [3.05, 3.63) is 11.8 Å². The molecule has 0 heterocycles. The summed E-state index contributed by atoms with van der Waals surface area (Å²) in [4.78, 5) is 4.89. The highest BCUT2D eigenvalue weighted by Crippen LogP contribution is 2.59. The molecule has 0 unspecified atom stereocenters. The molecule has 16 heavy (non-hydrogen) atoms. The minimum absolute atomic E-state index is 0.265. The molecule has 4 bridgehead atoms. The van der Waals surface area contributed by atoms with Crippen LogP contribution in [0.4, 0.5) is 0 Å². The Bertz CT molecular complexity index is 289. The van der Waals surface area contributed by atoms with Crippen LogP contribution >= 0.6 is 0 Å². The standard InChI is InChI=1S/C13H20O3/c1-8(14)7-13(16-15)11-3-9-2-10(5-11)6-12(13)4-9/h7,9-12,14-15H,2-6H2,1H3/b8-7-. The first kappa shape index (κ1) is 10.6. The Morgan fingerprint density at radius 2 is 1.62 bits per heavy atom. The Morgan fingerprint density at radius 3 is 2.00 bits per heavy atom. The highest BCUT2D eigenvalue weighted by Gasteiger charge is 2.57. The molecule has 4 fully saturated rings. The number of aliphatic hydroxyl groups excluding tert-OH is 1. The van der Waals surface area contributed by atoms with E-state index in [4.69, 9.17) is 4.89 Å². The van der Waals surface area contributed by atoms with Gasteiger partial charge in [0.2, 0.25) is 0 Å². The molecule has 90 valence electrons. The van der Waals surface area contributed by atoms with Crippen LogP contribution in [0.25, 0.3) is 0 Å². The molecule has 4 aliphatic carbocycles. The Labute approximate surface area is 96.0 Å². The summed E-state index contributed by atoms with van der Waals surface area (Å²) in [5.41, 5.74) is -0.591. The fourth-order valence-electron chi connectivity index (χ4n) is 4.66. The van der Waals surface area contributed by atoms with E-state index in [9.17, 15) is 10.4 Å². The summed E-state index contributed by atoms with van der Waals surface area (Å²) < 4.78 is 0. The van der Waals surface area contributed by atoms with Gasteiger partial charge in [0.15, 0.2) is 0 Å². The molecule has 0 atom stereocenters. The van der Waals surface area contributed by atoms with Crippen LogP contribution in [-0.4, -0.2) is 16.0 Å². The van der Waals surface area contributed by atoms with Crippen LogP contribution in [0.5, 0.6) is 0 Å². The van der Waals surface area contributed by atoms with Gasteiger partial charge in [0.05, 0.1) is 5.76 Å². The van der Waals surface area contributed by atoms with Gasteiger partial charge in [-0.3, -0.25) is 5.26 Å². The summed E-state index contributed by atoms with van der Waals surface area (Å²) in [5, 5.41) is 18.8. The third kappa shape index (κ3) is 1.34. The fraction of sp³-hybridized carbons (Fsp3) is 0.846. The van der Waals surface area contributed by atoms with Gasteiger partial charge in [-0.25, -0.2) is 4.89 Å². The normalized spacial score (nSPS) is 51.0. The lowest BCUT2D eigenvalue weighted by Crippen LogP contribution is -2.57. The molecule has 4 rings (SSSR count). The second-order valence-electron chi connectivity index (χ2n) is 6.03. The van der Waals surface area contributed by atoms with Crippen molar-refractivity contribution in [1.82, 2.24) is 0 Å². The van der Waals surface area contributed by atoms with Crippen molar-refractivity contribution in [3.8, 4) is 0 Å². The quantitative estimate of drug-likeness (QED) is 0.430. The highest BCUT2D eigenvalue weighted by molar-refractivity contribution is 5.17. The fourth-order valence-corrected chi connectivity index (χ4v) is 4.66. The molecule has 0 spiro atoms. The zero-order valence-corrected chi connectivity index (χ0v) is 9.72. The van der Waals surface area contributed by atoms with Crippen LogP contribution < -0.4 is 0 Å². The molecule has 0 saturated heterocycles. The molecule has 3 nitrogen and oxygen atoms in total. The van der Waals surface area contributed by atoms with Crippen LogP contribution in [0.2, 0.25) is 0 Å². The zero-order chi connectivity index (χ0) is 11.3. The maximum Gasteiger partial charge on any atom is 0.130 e. The maximum absolute atomic E-state index is 9.50. The smallest absolute Gasteiger partial charge is 0.130 e. The number of allylic oxidation sites excluding steroid dienone is 1. The zero-order valence-electron chi connectivity index (χ0n) is 9.72. The Hall–Kier alpha value is -0.540. The van der Waals surface area contributed by atoms with Gasteiger partial charge < -0.3 is 5.11 Å². The first-order valence-electron chi connectivity index (χ1n) is 6.35. The minimum Gasteiger partial charge on any atom is -0.513 e. The van der Waals surface area contributed by atoms with Crippen molar-refractivity contribution in [2.75, 3.05) is 0 Å². The van der Waals surface area contributed by atoms with Crippen molar-refractivity contribution in [2.45, 2.75) is 44.6 Å². The van der Waals surface area contributed by atoms with E-state index in [1.165, 1.54) is 6.42 Å². The summed E-state index contributed by atoms with van der Waals surface area (Å²) in [5.74, 6) is 2.73. The number of hydrogen-bond donors (Lipinski definition) is 2. The molecular formula is C13H20O3. The second-order valence-corrected chi connectivity index (χ2v) is 6.03. The average Bonchev–Trinajstić information content (AvgIpc) is 2.22. The van der Waals surface area contributed by atoms with Gasteiger partial charge in [0.1, 0.15) is 5.60 Å². The van der Waals surface area contributed by atoms with Gasteiger partial charge in [0, 0.05) is 0 Å². The third-order valence-corrected chi connectivity index (χ3v) is 5.01. The molecular weight excluding hydrogens is 204 g/mol. The van der Waals surface area contributed by atoms with Crippen molar-refractivity contribution in [3.63, 3.8) is 0 Å². The number of hydrogen-bond acceptors (Lipinski definition) is 3. The molecule has 2 N–H and O–H groups in total. The van der Waals surface area contributed by atoms with E-state index in [1.807, 2.05) is 0 Å². The minimum atomic E-state index is -0.591. The van der Waals surface area contributed by atoms with Gasteiger partial charge in [-0.1, -0.05) is 0 Å². The molecule has 0 aromatic carbocycles. The molecule has 4 aliphatic rings. The van der Waals surface area contributed by atoms with Gasteiger partial charge >= 0.3 is 0 Å². The van der Waals surface area contributed by atoms with E-state index < -0.39 is 5.60 Å². The van der Waals surface area contributed by atoms with Crippen LogP contribution in [0.1, 0.15) is 39.0 Å². The van der Waals surface area contributed by atoms with E-state index in [-0.39, 0.29) is 5.76 Å².